The Kier molecular flexibility index (Phi) is 6.45. The van der Waals surface area contributed by atoms with E-state index in [9.17, 15) is 4.79 Å². The molecule has 0 saturated heterocycles. The number of nitrogens with two attached hydrogens (primary N) is 1. The Bertz CT molecular complexity index is 459. The van der Waals surface area contributed by atoms with Crippen LogP contribution in [0, 0.1) is 0 Å². The normalized spacial score (nSPS) is 11.8. The lowest BCUT2D eigenvalue weighted by atomic mass is 10.1. The Morgan fingerprint density at radius 2 is 1.95 bits per heavy atom. The quantitative estimate of drug-likeness (QED) is 0.618. The number of rotatable bonds is 7. The highest BCUT2D eigenvalue weighted by atomic mass is 32.1. The third-order valence-electron chi connectivity index (χ3n) is 3.15. The number of carbonyl (C=O) groups excluding carboxylic acids is 1. The van der Waals surface area contributed by atoms with Crippen LogP contribution in [0.5, 0.6) is 0 Å². The van der Waals surface area contributed by atoms with Gasteiger partial charge in [-0.25, -0.2) is 4.79 Å². The average molecular weight is 294 g/mol. The molecule has 0 aromatic heterocycles. The van der Waals surface area contributed by atoms with Crippen LogP contribution in [-0.4, -0.2) is 30.7 Å². The molecule has 0 heterocycles. The summed E-state index contributed by atoms with van der Waals surface area (Å²) in [6.07, 6.45) is 1.67. The number of nitrogens with zero attached hydrogens (tertiary/aromatic N) is 1. The van der Waals surface area contributed by atoms with E-state index in [2.05, 4.69) is 6.92 Å². The summed E-state index contributed by atoms with van der Waals surface area (Å²) in [6.45, 7) is 4.27. The van der Waals surface area contributed by atoms with Gasteiger partial charge >= 0.3 is 5.97 Å². The van der Waals surface area contributed by atoms with Crippen molar-refractivity contribution in [3.63, 3.8) is 0 Å². The number of hydrogen-bond acceptors (Lipinski definition) is 4. The summed E-state index contributed by atoms with van der Waals surface area (Å²) in [5.74, 6) is -0.185. The number of benzene rings is 1. The van der Waals surface area contributed by atoms with Gasteiger partial charge in [-0.15, -0.1) is 0 Å². The number of thiocarbonyl (C=S) groups is 1. The molecule has 0 bridgehead atoms. The van der Waals surface area contributed by atoms with E-state index < -0.39 is 0 Å². The summed E-state index contributed by atoms with van der Waals surface area (Å²) in [7, 11) is 1.90. The molecule has 0 saturated carbocycles. The van der Waals surface area contributed by atoms with E-state index in [4.69, 9.17) is 22.7 Å². The number of ether oxygens (including phenoxy) is 1. The van der Waals surface area contributed by atoms with Gasteiger partial charge in [0.1, 0.15) is 11.0 Å². The van der Waals surface area contributed by atoms with Crippen molar-refractivity contribution in [3.05, 3.63) is 29.8 Å². The smallest absolute Gasteiger partial charge is 0.328 e. The third-order valence-corrected chi connectivity index (χ3v) is 3.38. The maximum absolute atomic E-state index is 12.0. The standard InChI is InChI=1S/C15H22N2O2S/c1-4-6-13(15(18)19-5-2)17(3)12-9-7-11(8-10-12)14(16)20/h7-10,13H,4-6H2,1-3H3,(H2,16,20). The first-order valence-electron chi connectivity index (χ1n) is 6.80. The Morgan fingerprint density at radius 1 is 1.35 bits per heavy atom. The largest absolute Gasteiger partial charge is 0.464 e. The molecule has 5 heteroatoms. The third kappa shape index (κ3) is 4.20. The van der Waals surface area contributed by atoms with Gasteiger partial charge in [0.15, 0.2) is 0 Å². The second-order valence-corrected chi connectivity index (χ2v) is 5.02. The van der Waals surface area contributed by atoms with E-state index in [1.807, 2.05) is 43.1 Å². The maximum atomic E-state index is 12.0. The number of likely N-dealkylation sites (N-methyl/N-ethyl adjacent to an activating group) is 1. The molecule has 1 atom stereocenters. The predicted octanol–water partition coefficient (Wildman–Crippen LogP) is 2.49. The molecule has 1 aromatic carbocycles. The minimum absolute atomic E-state index is 0.185. The van der Waals surface area contributed by atoms with E-state index in [0.717, 1.165) is 24.1 Å². The van der Waals surface area contributed by atoms with Crippen molar-refractivity contribution in [2.75, 3.05) is 18.6 Å². The number of hydrogen-bond donors (Lipinski definition) is 1. The lowest BCUT2D eigenvalue weighted by molar-refractivity contribution is -0.144. The first kappa shape index (κ1) is 16.4. The zero-order chi connectivity index (χ0) is 15.1. The molecule has 4 nitrogen and oxygen atoms in total. The Hall–Kier alpha value is -1.62. The van der Waals surface area contributed by atoms with Crippen LogP contribution in [0.4, 0.5) is 5.69 Å². The Morgan fingerprint density at radius 3 is 2.40 bits per heavy atom. The van der Waals surface area contributed by atoms with Crippen molar-refractivity contribution in [1.82, 2.24) is 0 Å². The summed E-state index contributed by atoms with van der Waals surface area (Å²) in [4.78, 5) is 14.3. The summed E-state index contributed by atoms with van der Waals surface area (Å²) in [5.41, 5.74) is 7.34. The van der Waals surface area contributed by atoms with Gasteiger partial charge in [-0.05, 0) is 37.6 Å². The fourth-order valence-electron chi connectivity index (χ4n) is 2.02. The highest BCUT2D eigenvalue weighted by Crippen LogP contribution is 2.19. The zero-order valence-electron chi connectivity index (χ0n) is 12.3. The van der Waals surface area contributed by atoms with Crippen molar-refractivity contribution in [2.45, 2.75) is 32.7 Å². The molecule has 0 aliphatic heterocycles. The van der Waals surface area contributed by atoms with Gasteiger partial charge in [-0.2, -0.15) is 0 Å². The van der Waals surface area contributed by atoms with E-state index in [-0.39, 0.29) is 12.0 Å². The fraction of sp³-hybridized carbons (Fsp3) is 0.467. The highest BCUT2D eigenvalue weighted by Gasteiger charge is 2.23. The number of anilines is 1. The molecule has 1 unspecified atom stereocenters. The monoisotopic (exact) mass is 294 g/mol. The van der Waals surface area contributed by atoms with Gasteiger partial charge in [-0.3, -0.25) is 0 Å². The maximum Gasteiger partial charge on any atom is 0.328 e. The fourth-order valence-corrected chi connectivity index (χ4v) is 2.16. The lowest BCUT2D eigenvalue weighted by Gasteiger charge is -2.28. The second-order valence-electron chi connectivity index (χ2n) is 4.58. The SMILES string of the molecule is CCCC(C(=O)OCC)N(C)c1ccc(C(N)=S)cc1. The molecule has 0 amide bonds. The van der Waals surface area contributed by atoms with Gasteiger partial charge in [-0.1, -0.05) is 25.6 Å². The minimum Gasteiger partial charge on any atom is -0.464 e. The molecular formula is C15H22N2O2S. The Labute approximate surface area is 125 Å². The molecule has 0 aliphatic carbocycles. The lowest BCUT2D eigenvalue weighted by Crippen LogP contribution is -2.39. The van der Waals surface area contributed by atoms with Gasteiger partial charge in [0.25, 0.3) is 0 Å². The van der Waals surface area contributed by atoms with E-state index in [1.54, 1.807) is 0 Å². The van der Waals surface area contributed by atoms with Crippen LogP contribution in [0.2, 0.25) is 0 Å². The van der Waals surface area contributed by atoms with Crippen molar-refractivity contribution in [2.24, 2.45) is 5.73 Å². The van der Waals surface area contributed by atoms with Crippen LogP contribution in [0.1, 0.15) is 32.3 Å². The molecule has 0 fully saturated rings. The van der Waals surface area contributed by atoms with E-state index >= 15 is 0 Å². The van der Waals surface area contributed by atoms with E-state index in [1.165, 1.54) is 0 Å². The van der Waals surface area contributed by atoms with Crippen LogP contribution in [-0.2, 0) is 9.53 Å². The van der Waals surface area contributed by atoms with Crippen molar-refractivity contribution in [3.8, 4) is 0 Å². The number of carbonyl (C=O) groups is 1. The van der Waals surface area contributed by atoms with Crippen LogP contribution in [0.25, 0.3) is 0 Å². The minimum atomic E-state index is -0.268. The van der Waals surface area contributed by atoms with Gasteiger partial charge in [0, 0.05) is 18.3 Å². The van der Waals surface area contributed by atoms with Crippen LogP contribution < -0.4 is 10.6 Å². The molecule has 110 valence electrons. The molecule has 0 radical (unpaired) electrons. The predicted molar refractivity (Wildman–Crippen MR) is 86.1 cm³/mol. The first-order chi connectivity index (χ1) is 9.51. The van der Waals surface area contributed by atoms with Crippen molar-refractivity contribution in [1.29, 1.82) is 0 Å². The molecule has 1 aromatic rings. The summed E-state index contributed by atoms with van der Waals surface area (Å²) in [6, 6.07) is 7.29. The zero-order valence-corrected chi connectivity index (χ0v) is 13.1. The van der Waals surface area contributed by atoms with Gasteiger partial charge < -0.3 is 15.4 Å². The summed E-state index contributed by atoms with van der Waals surface area (Å²) in [5, 5.41) is 0. The second kappa shape index (κ2) is 7.85. The molecular weight excluding hydrogens is 272 g/mol. The molecule has 20 heavy (non-hydrogen) atoms. The first-order valence-corrected chi connectivity index (χ1v) is 7.21. The molecule has 0 spiro atoms. The Balaban J connectivity index is 2.90. The van der Waals surface area contributed by atoms with Crippen LogP contribution in [0.15, 0.2) is 24.3 Å². The molecule has 2 N–H and O–H groups in total. The van der Waals surface area contributed by atoms with Crippen molar-refractivity contribution < 1.29 is 9.53 Å². The molecule has 1 rings (SSSR count). The van der Waals surface area contributed by atoms with Gasteiger partial charge in [0.2, 0.25) is 0 Å². The number of esters is 1. The summed E-state index contributed by atoms with van der Waals surface area (Å²) >= 11 is 4.93. The van der Waals surface area contributed by atoms with Crippen LogP contribution >= 0.6 is 12.2 Å². The molecule has 0 aliphatic rings. The highest BCUT2D eigenvalue weighted by molar-refractivity contribution is 7.80. The van der Waals surface area contributed by atoms with Crippen LogP contribution in [0.3, 0.4) is 0 Å². The van der Waals surface area contributed by atoms with Crippen molar-refractivity contribution >= 4 is 28.9 Å². The summed E-state index contributed by atoms with van der Waals surface area (Å²) < 4.78 is 5.14. The topological polar surface area (TPSA) is 55.6 Å². The van der Waals surface area contributed by atoms with Gasteiger partial charge in [0.05, 0.1) is 6.61 Å². The van der Waals surface area contributed by atoms with E-state index in [0.29, 0.717) is 11.6 Å². The average Bonchev–Trinajstić information content (AvgIpc) is 2.44.